The van der Waals surface area contributed by atoms with Crippen LogP contribution < -0.4 is 10.1 Å². The van der Waals surface area contributed by atoms with E-state index in [1.165, 1.54) is 11.8 Å². The Hall–Kier alpha value is -2.54. The van der Waals surface area contributed by atoms with Crippen LogP contribution in [0.3, 0.4) is 0 Å². The van der Waals surface area contributed by atoms with E-state index in [2.05, 4.69) is 26.2 Å². The maximum atomic E-state index is 12.5. The third-order valence-electron chi connectivity index (χ3n) is 4.48. The van der Waals surface area contributed by atoms with Gasteiger partial charge in [-0.2, -0.15) is 0 Å². The topological polar surface area (TPSA) is 50.7 Å². The van der Waals surface area contributed by atoms with E-state index < -0.39 is 0 Å². The molecule has 156 valence electrons. The maximum Gasteiger partial charge on any atom is 0.264 e. The van der Waals surface area contributed by atoms with Gasteiger partial charge in [-0.1, -0.05) is 57.4 Å². The molecular formula is C24H18BrClN2O2S. The smallest absolute Gasteiger partial charge is 0.264 e. The molecule has 4 rings (SSSR count). The summed E-state index contributed by atoms with van der Waals surface area (Å²) in [5.41, 5.74) is 3.72. The number of thioether (sulfide) groups is 1. The van der Waals surface area contributed by atoms with Gasteiger partial charge in [0.05, 0.1) is 10.6 Å². The fourth-order valence-electron chi connectivity index (χ4n) is 2.86. The zero-order valence-corrected chi connectivity index (χ0v) is 19.7. The van der Waals surface area contributed by atoms with Crippen LogP contribution in [0.2, 0.25) is 5.02 Å². The van der Waals surface area contributed by atoms with Crippen molar-refractivity contribution in [3.63, 3.8) is 0 Å². The number of carbonyl (C=O) groups is 1. The average Bonchev–Trinajstić information content (AvgIpc) is 3.09. The number of rotatable bonds is 5. The fraction of sp³-hybridized carbons (Fsp3) is 0.0833. The Morgan fingerprint density at radius 3 is 2.58 bits per heavy atom. The van der Waals surface area contributed by atoms with E-state index >= 15 is 0 Å². The SMILES string of the molecule is Cc1ccc(N=C2NC(=O)/C(=C/c3cc(Cl)ccc3OCc3ccc(Br)cc3)S2)cc1. The van der Waals surface area contributed by atoms with Gasteiger partial charge < -0.3 is 10.1 Å². The molecule has 31 heavy (non-hydrogen) atoms. The van der Waals surface area contributed by atoms with Crippen LogP contribution in [-0.2, 0) is 11.4 Å². The van der Waals surface area contributed by atoms with E-state index in [-0.39, 0.29) is 5.91 Å². The molecule has 7 heteroatoms. The van der Waals surface area contributed by atoms with Gasteiger partial charge in [0.25, 0.3) is 5.91 Å². The second kappa shape index (κ2) is 9.73. The number of halogens is 2. The van der Waals surface area contributed by atoms with Crippen molar-refractivity contribution < 1.29 is 9.53 Å². The summed E-state index contributed by atoms with van der Waals surface area (Å²) in [4.78, 5) is 17.5. The van der Waals surface area contributed by atoms with Crippen molar-refractivity contribution in [2.45, 2.75) is 13.5 Å². The lowest BCUT2D eigenvalue weighted by Gasteiger charge is -2.10. The number of ether oxygens (including phenoxy) is 1. The molecule has 1 amide bonds. The summed E-state index contributed by atoms with van der Waals surface area (Å²) in [6.07, 6.45) is 1.78. The predicted molar refractivity (Wildman–Crippen MR) is 132 cm³/mol. The predicted octanol–water partition coefficient (Wildman–Crippen LogP) is 6.88. The number of amidine groups is 1. The Bertz CT molecular complexity index is 1180. The number of aryl methyl sites for hydroxylation is 1. The summed E-state index contributed by atoms with van der Waals surface area (Å²) < 4.78 is 7.02. The number of amides is 1. The summed E-state index contributed by atoms with van der Waals surface area (Å²) in [6.45, 7) is 2.43. The van der Waals surface area contributed by atoms with Crippen LogP contribution in [-0.4, -0.2) is 11.1 Å². The second-order valence-electron chi connectivity index (χ2n) is 6.91. The lowest BCUT2D eigenvalue weighted by molar-refractivity contribution is -0.115. The lowest BCUT2D eigenvalue weighted by Crippen LogP contribution is -2.19. The molecule has 0 aromatic heterocycles. The van der Waals surface area contributed by atoms with Gasteiger partial charge in [-0.15, -0.1) is 0 Å². The van der Waals surface area contributed by atoms with Crippen molar-refractivity contribution in [2.75, 3.05) is 0 Å². The molecule has 0 spiro atoms. The van der Waals surface area contributed by atoms with Gasteiger partial charge in [0.1, 0.15) is 12.4 Å². The van der Waals surface area contributed by atoms with Gasteiger partial charge in [0, 0.05) is 15.1 Å². The molecule has 0 saturated carbocycles. The molecule has 0 atom stereocenters. The van der Waals surface area contributed by atoms with Gasteiger partial charge in [-0.3, -0.25) is 4.79 Å². The van der Waals surface area contributed by atoms with Crippen LogP contribution in [0.15, 0.2) is 81.1 Å². The van der Waals surface area contributed by atoms with Gasteiger partial charge in [-0.05, 0) is 72.8 Å². The summed E-state index contributed by atoms with van der Waals surface area (Å²) >= 11 is 10.9. The Labute approximate surface area is 198 Å². The molecule has 1 fully saturated rings. The van der Waals surface area contributed by atoms with E-state index in [9.17, 15) is 4.79 Å². The summed E-state index contributed by atoms with van der Waals surface area (Å²) in [7, 11) is 0. The highest BCUT2D eigenvalue weighted by Gasteiger charge is 2.24. The Balaban J connectivity index is 1.54. The van der Waals surface area contributed by atoms with Gasteiger partial charge >= 0.3 is 0 Å². The zero-order chi connectivity index (χ0) is 21.8. The van der Waals surface area contributed by atoms with Gasteiger partial charge in [-0.25, -0.2) is 4.99 Å². The molecule has 1 heterocycles. The normalized spacial score (nSPS) is 16.0. The standard InChI is InChI=1S/C24H18BrClN2O2S/c1-15-2-9-20(10-3-15)27-24-28-23(29)22(31-24)13-17-12-19(26)8-11-21(17)30-14-16-4-6-18(25)7-5-16/h2-13H,14H2,1H3,(H,27,28,29)/b22-13-. The first-order chi connectivity index (χ1) is 15.0. The second-order valence-corrected chi connectivity index (χ2v) is 9.30. The van der Waals surface area contributed by atoms with Crippen molar-refractivity contribution in [3.05, 3.63) is 97.8 Å². The lowest BCUT2D eigenvalue weighted by atomic mass is 10.1. The molecule has 0 radical (unpaired) electrons. The first kappa shape index (κ1) is 21.7. The van der Waals surface area contributed by atoms with Crippen molar-refractivity contribution in [1.29, 1.82) is 0 Å². The fourth-order valence-corrected chi connectivity index (χ4v) is 4.14. The molecule has 3 aromatic rings. The molecular weight excluding hydrogens is 496 g/mol. The van der Waals surface area contributed by atoms with Crippen LogP contribution in [0.5, 0.6) is 5.75 Å². The number of hydrogen-bond donors (Lipinski definition) is 1. The number of hydrogen-bond acceptors (Lipinski definition) is 4. The first-order valence-corrected chi connectivity index (χ1v) is 11.5. The minimum atomic E-state index is -0.199. The number of nitrogens with zero attached hydrogens (tertiary/aromatic N) is 1. The van der Waals surface area contributed by atoms with Crippen LogP contribution >= 0.6 is 39.3 Å². The van der Waals surface area contributed by atoms with Crippen molar-refractivity contribution >= 4 is 62.1 Å². The van der Waals surface area contributed by atoms with Crippen LogP contribution in [0.25, 0.3) is 6.08 Å². The van der Waals surface area contributed by atoms with Gasteiger partial charge in [0.15, 0.2) is 5.17 Å². The van der Waals surface area contributed by atoms with Crippen molar-refractivity contribution in [1.82, 2.24) is 5.32 Å². The third-order valence-corrected chi connectivity index (χ3v) is 6.16. The Morgan fingerprint density at radius 1 is 1.10 bits per heavy atom. The Kier molecular flexibility index (Phi) is 6.80. The molecule has 4 nitrogen and oxygen atoms in total. The Morgan fingerprint density at radius 2 is 1.84 bits per heavy atom. The zero-order valence-electron chi connectivity index (χ0n) is 16.6. The minimum Gasteiger partial charge on any atom is -0.488 e. The largest absolute Gasteiger partial charge is 0.488 e. The third kappa shape index (κ3) is 5.79. The van der Waals surface area contributed by atoms with E-state index in [0.717, 1.165) is 26.9 Å². The summed E-state index contributed by atoms with van der Waals surface area (Å²) in [6, 6.07) is 21.1. The number of nitrogens with one attached hydrogen (secondary N) is 1. The average molecular weight is 514 g/mol. The number of aliphatic imine (C=N–C) groups is 1. The summed E-state index contributed by atoms with van der Waals surface area (Å²) in [5, 5.41) is 3.92. The minimum absolute atomic E-state index is 0.199. The molecule has 1 saturated heterocycles. The van der Waals surface area contributed by atoms with Crippen LogP contribution in [0, 0.1) is 6.92 Å². The highest BCUT2D eigenvalue weighted by molar-refractivity contribution is 9.10. The molecule has 3 aromatic carbocycles. The number of benzene rings is 3. The monoisotopic (exact) mass is 512 g/mol. The van der Waals surface area contributed by atoms with Crippen LogP contribution in [0.1, 0.15) is 16.7 Å². The first-order valence-electron chi connectivity index (χ1n) is 9.49. The molecule has 1 aliphatic heterocycles. The van der Waals surface area contributed by atoms with E-state index in [1.54, 1.807) is 18.2 Å². The van der Waals surface area contributed by atoms with Crippen molar-refractivity contribution in [3.8, 4) is 5.75 Å². The highest BCUT2D eigenvalue weighted by atomic mass is 79.9. The molecule has 0 bridgehead atoms. The summed E-state index contributed by atoms with van der Waals surface area (Å²) in [5.74, 6) is 0.451. The van der Waals surface area contributed by atoms with E-state index in [0.29, 0.717) is 27.5 Å². The quantitative estimate of drug-likeness (QED) is 0.378. The van der Waals surface area contributed by atoms with E-state index in [1.807, 2.05) is 61.5 Å². The molecule has 1 N–H and O–H groups in total. The molecule has 0 aliphatic carbocycles. The maximum absolute atomic E-state index is 12.5. The van der Waals surface area contributed by atoms with E-state index in [4.69, 9.17) is 16.3 Å². The molecule has 1 aliphatic rings. The number of carbonyl (C=O) groups excluding carboxylic acids is 1. The highest BCUT2D eigenvalue weighted by Crippen LogP contribution is 2.32. The van der Waals surface area contributed by atoms with Crippen molar-refractivity contribution in [2.24, 2.45) is 4.99 Å². The van der Waals surface area contributed by atoms with Crippen LogP contribution in [0.4, 0.5) is 5.69 Å². The molecule has 0 unspecified atom stereocenters. The van der Waals surface area contributed by atoms with Gasteiger partial charge in [0.2, 0.25) is 0 Å².